The van der Waals surface area contributed by atoms with E-state index >= 15 is 0 Å². The van der Waals surface area contributed by atoms with E-state index in [2.05, 4.69) is 0 Å². The standard InChI is InChI=1S/C12H16N2O6S/c1-9-6-10(14(16)17)2-3-12(9)21(18,19)13-4-5-20-8-11(13)7-15/h2-3,6,11,15H,4-5,7-8H2,1H3. The third-order valence-corrected chi connectivity index (χ3v) is 5.45. The number of aliphatic hydroxyl groups excluding tert-OH is 1. The first-order chi connectivity index (χ1) is 9.87. The van der Waals surface area contributed by atoms with Gasteiger partial charge in [-0.05, 0) is 18.6 Å². The molecule has 1 aliphatic heterocycles. The maximum Gasteiger partial charge on any atom is 0.269 e. The second kappa shape index (κ2) is 6.06. The Morgan fingerprint density at radius 1 is 1.52 bits per heavy atom. The highest BCUT2D eigenvalue weighted by Crippen LogP contribution is 2.26. The van der Waals surface area contributed by atoms with E-state index in [9.17, 15) is 23.6 Å². The molecule has 0 radical (unpaired) electrons. The summed E-state index contributed by atoms with van der Waals surface area (Å²) in [5, 5.41) is 20.0. The lowest BCUT2D eigenvalue weighted by Gasteiger charge is -2.33. The van der Waals surface area contributed by atoms with Crippen LogP contribution in [-0.2, 0) is 14.8 Å². The summed E-state index contributed by atoms with van der Waals surface area (Å²) in [6, 6.07) is 2.97. The van der Waals surface area contributed by atoms with Crippen LogP contribution in [0, 0.1) is 17.0 Å². The Bertz CT molecular complexity index is 645. The van der Waals surface area contributed by atoms with E-state index in [0.717, 1.165) is 6.07 Å². The summed E-state index contributed by atoms with van der Waals surface area (Å²) in [5.41, 5.74) is 0.138. The van der Waals surface area contributed by atoms with Crippen LogP contribution in [0.3, 0.4) is 0 Å². The third kappa shape index (κ3) is 3.05. The van der Waals surface area contributed by atoms with Gasteiger partial charge in [0.05, 0.1) is 35.7 Å². The quantitative estimate of drug-likeness (QED) is 0.631. The van der Waals surface area contributed by atoms with Crippen molar-refractivity contribution in [3.63, 3.8) is 0 Å². The Morgan fingerprint density at radius 3 is 2.81 bits per heavy atom. The topological polar surface area (TPSA) is 110 Å². The average molecular weight is 316 g/mol. The molecule has 1 N–H and O–H groups in total. The summed E-state index contributed by atoms with van der Waals surface area (Å²) in [6.45, 7) is 1.69. The van der Waals surface area contributed by atoms with Crippen molar-refractivity contribution in [3.05, 3.63) is 33.9 Å². The second-order valence-electron chi connectivity index (χ2n) is 4.73. The van der Waals surface area contributed by atoms with Crippen molar-refractivity contribution in [1.82, 2.24) is 4.31 Å². The molecule has 1 fully saturated rings. The van der Waals surface area contributed by atoms with Gasteiger partial charge in [0.2, 0.25) is 10.0 Å². The molecular weight excluding hydrogens is 300 g/mol. The van der Waals surface area contributed by atoms with E-state index in [-0.39, 0.29) is 36.9 Å². The lowest BCUT2D eigenvalue weighted by atomic mass is 10.2. The van der Waals surface area contributed by atoms with E-state index in [0.29, 0.717) is 5.56 Å². The number of hydrogen-bond acceptors (Lipinski definition) is 6. The fraction of sp³-hybridized carbons (Fsp3) is 0.500. The SMILES string of the molecule is Cc1cc([N+](=O)[O-])ccc1S(=O)(=O)N1CCOCC1CO. The number of benzene rings is 1. The molecule has 0 aliphatic carbocycles. The molecular formula is C12H16N2O6S. The summed E-state index contributed by atoms with van der Waals surface area (Å²) in [5.74, 6) is 0. The number of nitro groups is 1. The lowest BCUT2D eigenvalue weighted by molar-refractivity contribution is -0.385. The summed E-state index contributed by atoms with van der Waals surface area (Å²) < 4.78 is 31.6. The molecule has 8 nitrogen and oxygen atoms in total. The number of aliphatic hydroxyl groups is 1. The Labute approximate surface area is 122 Å². The van der Waals surface area contributed by atoms with Gasteiger partial charge in [0.1, 0.15) is 0 Å². The smallest absolute Gasteiger partial charge is 0.269 e. The zero-order valence-electron chi connectivity index (χ0n) is 11.4. The number of sulfonamides is 1. The third-order valence-electron chi connectivity index (χ3n) is 3.34. The molecule has 1 heterocycles. The van der Waals surface area contributed by atoms with Crippen LogP contribution in [0.4, 0.5) is 5.69 Å². The molecule has 0 spiro atoms. The molecule has 2 rings (SSSR count). The summed E-state index contributed by atoms with van der Waals surface area (Å²) in [7, 11) is -3.83. The molecule has 21 heavy (non-hydrogen) atoms. The van der Waals surface area contributed by atoms with Crippen LogP contribution >= 0.6 is 0 Å². The molecule has 0 aromatic heterocycles. The van der Waals surface area contributed by atoms with Gasteiger partial charge < -0.3 is 9.84 Å². The Balaban J connectivity index is 2.41. The molecule has 1 unspecified atom stereocenters. The van der Waals surface area contributed by atoms with Gasteiger partial charge in [-0.1, -0.05) is 0 Å². The summed E-state index contributed by atoms with van der Waals surface area (Å²) in [4.78, 5) is 10.1. The number of aryl methyl sites for hydroxylation is 1. The van der Waals surface area contributed by atoms with Crippen LogP contribution in [0.5, 0.6) is 0 Å². The molecule has 116 valence electrons. The van der Waals surface area contributed by atoms with Crippen molar-refractivity contribution in [2.45, 2.75) is 17.9 Å². The van der Waals surface area contributed by atoms with Gasteiger partial charge >= 0.3 is 0 Å². The van der Waals surface area contributed by atoms with Crippen molar-refractivity contribution in [2.75, 3.05) is 26.4 Å². The van der Waals surface area contributed by atoms with Crippen LogP contribution in [0.1, 0.15) is 5.56 Å². The summed E-state index contributed by atoms with van der Waals surface area (Å²) >= 11 is 0. The molecule has 1 saturated heterocycles. The van der Waals surface area contributed by atoms with Gasteiger partial charge in [-0.2, -0.15) is 4.31 Å². The maximum absolute atomic E-state index is 12.6. The predicted molar refractivity (Wildman–Crippen MR) is 73.4 cm³/mol. The maximum atomic E-state index is 12.6. The molecule has 0 saturated carbocycles. The predicted octanol–water partition coefficient (Wildman–Crippen LogP) is 0.285. The van der Waals surface area contributed by atoms with Crippen molar-refractivity contribution >= 4 is 15.7 Å². The van der Waals surface area contributed by atoms with Crippen molar-refractivity contribution in [1.29, 1.82) is 0 Å². The fourth-order valence-electron chi connectivity index (χ4n) is 2.26. The normalized spacial score (nSPS) is 20.4. The highest BCUT2D eigenvalue weighted by molar-refractivity contribution is 7.89. The summed E-state index contributed by atoms with van der Waals surface area (Å²) in [6.07, 6.45) is 0. The fourth-order valence-corrected chi connectivity index (χ4v) is 4.06. The minimum absolute atomic E-state index is 0.00782. The van der Waals surface area contributed by atoms with E-state index in [1.807, 2.05) is 0 Å². The average Bonchev–Trinajstić information content (AvgIpc) is 2.46. The number of ether oxygens (including phenoxy) is 1. The molecule has 0 amide bonds. The number of nitrogens with zero attached hydrogens (tertiary/aromatic N) is 2. The van der Waals surface area contributed by atoms with Crippen LogP contribution in [0.2, 0.25) is 0 Å². The van der Waals surface area contributed by atoms with E-state index < -0.39 is 21.0 Å². The highest BCUT2D eigenvalue weighted by Gasteiger charge is 2.34. The van der Waals surface area contributed by atoms with Crippen molar-refractivity contribution < 1.29 is 23.2 Å². The number of nitro benzene ring substituents is 1. The highest BCUT2D eigenvalue weighted by atomic mass is 32.2. The zero-order valence-corrected chi connectivity index (χ0v) is 12.2. The minimum atomic E-state index is -3.83. The largest absolute Gasteiger partial charge is 0.395 e. The van der Waals surface area contributed by atoms with E-state index in [1.54, 1.807) is 0 Å². The number of morpholine rings is 1. The second-order valence-corrected chi connectivity index (χ2v) is 6.59. The zero-order chi connectivity index (χ0) is 15.6. The van der Waals surface area contributed by atoms with Crippen LogP contribution in [-0.4, -0.2) is 55.2 Å². The van der Waals surface area contributed by atoms with Crippen LogP contribution in [0.15, 0.2) is 23.1 Å². The number of hydrogen-bond donors (Lipinski definition) is 1. The van der Waals surface area contributed by atoms with E-state index in [4.69, 9.17) is 4.74 Å². The first-order valence-corrected chi connectivity index (χ1v) is 7.77. The van der Waals surface area contributed by atoms with Gasteiger partial charge in [0.15, 0.2) is 0 Å². The van der Waals surface area contributed by atoms with E-state index in [1.165, 1.54) is 23.4 Å². The molecule has 1 aliphatic rings. The number of non-ortho nitro benzene ring substituents is 1. The Hall–Kier alpha value is -1.55. The Morgan fingerprint density at radius 2 is 2.24 bits per heavy atom. The number of rotatable bonds is 4. The minimum Gasteiger partial charge on any atom is -0.395 e. The van der Waals surface area contributed by atoms with Gasteiger partial charge in [0, 0.05) is 18.7 Å². The van der Waals surface area contributed by atoms with Gasteiger partial charge in [-0.25, -0.2) is 8.42 Å². The molecule has 0 bridgehead atoms. The van der Waals surface area contributed by atoms with Gasteiger partial charge in [0.25, 0.3) is 5.69 Å². The Kier molecular flexibility index (Phi) is 4.57. The van der Waals surface area contributed by atoms with Crippen LogP contribution in [0.25, 0.3) is 0 Å². The van der Waals surface area contributed by atoms with Gasteiger partial charge in [-0.3, -0.25) is 10.1 Å². The molecule has 1 aromatic carbocycles. The monoisotopic (exact) mass is 316 g/mol. The first-order valence-electron chi connectivity index (χ1n) is 6.33. The van der Waals surface area contributed by atoms with Gasteiger partial charge in [-0.15, -0.1) is 0 Å². The molecule has 1 atom stereocenters. The first kappa shape index (κ1) is 15.8. The van der Waals surface area contributed by atoms with Crippen LogP contribution < -0.4 is 0 Å². The lowest BCUT2D eigenvalue weighted by Crippen LogP contribution is -2.50. The molecule has 9 heteroatoms. The van der Waals surface area contributed by atoms with Crippen molar-refractivity contribution in [3.8, 4) is 0 Å². The molecule has 1 aromatic rings. The van der Waals surface area contributed by atoms with Crippen molar-refractivity contribution in [2.24, 2.45) is 0 Å².